The van der Waals surface area contributed by atoms with Gasteiger partial charge in [-0.3, -0.25) is 9.69 Å². The van der Waals surface area contributed by atoms with Gasteiger partial charge in [-0.05, 0) is 6.92 Å². The first-order valence-electron chi connectivity index (χ1n) is 4.53. The third-order valence-electron chi connectivity index (χ3n) is 2.22. The Morgan fingerprint density at radius 1 is 1.85 bits per heavy atom. The first-order chi connectivity index (χ1) is 6.09. The lowest BCUT2D eigenvalue weighted by molar-refractivity contribution is -0.139. The van der Waals surface area contributed by atoms with Gasteiger partial charge in [-0.1, -0.05) is 0 Å². The Labute approximate surface area is 77.9 Å². The molecule has 5 nitrogen and oxygen atoms in total. The van der Waals surface area contributed by atoms with Crippen molar-refractivity contribution < 1.29 is 9.90 Å². The Morgan fingerprint density at radius 3 is 3.08 bits per heavy atom. The number of aliphatic carboxylic acids is 1. The lowest BCUT2D eigenvalue weighted by Crippen LogP contribution is -2.53. The number of hydrogen-bond acceptors (Lipinski definition) is 4. The van der Waals surface area contributed by atoms with Gasteiger partial charge >= 0.3 is 5.97 Å². The molecule has 0 amide bonds. The molecule has 0 aromatic carbocycles. The highest BCUT2D eigenvalue weighted by Crippen LogP contribution is 1.98. The molecule has 1 saturated heterocycles. The van der Waals surface area contributed by atoms with Crippen LogP contribution in [0.15, 0.2) is 0 Å². The minimum Gasteiger partial charge on any atom is -0.480 e. The molecule has 0 saturated carbocycles. The van der Waals surface area contributed by atoms with E-state index in [4.69, 9.17) is 10.8 Å². The number of nitrogens with two attached hydrogens (primary N) is 1. The number of nitrogens with zero attached hydrogens (tertiary/aromatic N) is 1. The average Bonchev–Trinajstić information content (AvgIpc) is 2.04. The molecule has 0 aromatic rings. The van der Waals surface area contributed by atoms with Crippen LogP contribution in [0.5, 0.6) is 0 Å². The molecule has 0 spiro atoms. The number of hydrogen-bond donors (Lipinski definition) is 3. The quantitative estimate of drug-likeness (QED) is 0.511. The number of nitrogens with one attached hydrogen (secondary N) is 1. The summed E-state index contributed by atoms with van der Waals surface area (Å²) in [5, 5.41) is 11.9. The Morgan fingerprint density at radius 2 is 2.54 bits per heavy atom. The van der Waals surface area contributed by atoms with Gasteiger partial charge in [0.25, 0.3) is 0 Å². The monoisotopic (exact) mass is 187 g/mol. The number of carboxylic acid groups (broad SMARTS) is 1. The summed E-state index contributed by atoms with van der Waals surface area (Å²) in [5.74, 6) is -0.925. The molecule has 1 fully saturated rings. The molecule has 1 heterocycles. The van der Waals surface area contributed by atoms with Gasteiger partial charge in [0.1, 0.15) is 6.04 Å². The van der Waals surface area contributed by atoms with Crippen molar-refractivity contribution in [3.05, 3.63) is 0 Å². The van der Waals surface area contributed by atoms with Crippen molar-refractivity contribution in [2.45, 2.75) is 19.0 Å². The van der Waals surface area contributed by atoms with Gasteiger partial charge in [0.05, 0.1) is 0 Å². The molecular weight excluding hydrogens is 170 g/mol. The van der Waals surface area contributed by atoms with Crippen molar-refractivity contribution in [1.29, 1.82) is 0 Å². The normalized spacial score (nSPS) is 27.1. The number of carboxylic acids is 1. The second-order valence-electron chi connectivity index (χ2n) is 3.56. The van der Waals surface area contributed by atoms with Gasteiger partial charge in [0.2, 0.25) is 0 Å². The van der Waals surface area contributed by atoms with E-state index in [0.29, 0.717) is 12.6 Å². The van der Waals surface area contributed by atoms with E-state index in [9.17, 15) is 4.79 Å². The van der Waals surface area contributed by atoms with E-state index in [1.165, 1.54) is 0 Å². The van der Waals surface area contributed by atoms with Gasteiger partial charge in [-0.2, -0.15) is 0 Å². The molecule has 5 heteroatoms. The van der Waals surface area contributed by atoms with Crippen LogP contribution in [-0.4, -0.2) is 54.2 Å². The third kappa shape index (κ3) is 3.30. The summed E-state index contributed by atoms with van der Waals surface area (Å²) in [4.78, 5) is 12.6. The molecule has 0 aromatic heterocycles. The Kier molecular flexibility index (Phi) is 3.65. The molecule has 13 heavy (non-hydrogen) atoms. The highest BCUT2D eigenvalue weighted by atomic mass is 16.4. The molecule has 1 aliphatic rings. The maximum Gasteiger partial charge on any atom is 0.321 e. The zero-order valence-electron chi connectivity index (χ0n) is 7.86. The molecule has 0 radical (unpaired) electrons. The summed E-state index contributed by atoms with van der Waals surface area (Å²) in [6.07, 6.45) is 0. The van der Waals surface area contributed by atoms with Crippen LogP contribution in [0.2, 0.25) is 0 Å². The fourth-order valence-corrected chi connectivity index (χ4v) is 1.53. The molecule has 0 aliphatic carbocycles. The molecule has 4 N–H and O–H groups in total. The van der Waals surface area contributed by atoms with Gasteiger partial charge in [-0.25, -0.2) is 0 Å². The van der Waals surface area contributed by atoms with E-state index in [-0.39, 0.29) is 0 Å². The first kappa shape index (κ1) is 10.4. The summed E-state index contributed by atoms with van der Waals surface area (Å²) in [6, 6.07) is -0.333. The second kappa shape index (κ2) is 4.55. The summed E-state index contributed by atoms with van der Waals surface area (Å²) >= 11 is 0. The SMILES string of the molecule is CC1CN(CC(N)C(=O)O)CCN1. The summed E-state index contributed by atoms with van der Waals surface area (Å²) in [7, 11) is 0. The zero-order valence-corrected chi connectivity index (χ0v) is 7.86. The van der Waals surface area contributed by atoms with Crippen LogP contribution in [0.3, 0.4) is 0 Å². The molecule has 0 bridgehead atoms. The Bertz CT molecular complexity index is 186. The van der Waals surface area contributed by atoms with Crippen LogP contribution in [0, 0.1) is 0 Å². The molecule has 1 aliphatic heterocycles. The maximum atomic E-state index is 10.5. The predicted molar refractivity (Wildman–Crippen MR) is 49.5 cm³/mol. The minimum absolute atomic E-state index is 0.426. The smallest absolute Gasteiger partial charge is 0.321 e. The lowest BCUT2D eigenvalue weighted by Gasteiger charge is -2.32. The average molecular weight is 187 g/mol. The van der Waals surface area contributed by atoms with Crippen LogP contribution < -0.4 is 11.1 Å². The van der Waals surface area contributed by atoms with Crippen LogP contribution >= 0.6 is 0 Å². The standard InChI is InChI=1S/C8H17N3O2/c1-6-4-11(3-2-10-6)5-7(9)8(12)13/h6-7,10H,2-5,9H2,1H3,(H,12,13). The fraction of sp³-hybridized carbons (Fsp3) is 0.875. The lowest BCUT2D eigenvalue weighted by atomic mass is 10.2. The Hall–Kier alpha value is -0.650. The van der Waals surface area contributed by atoms with E-state index in [0.717, 1.165) is 19.6 Å². The van der Waals surface area contributed by atoms with Crippen LogP contribution in [0.25, 0.3) is 0 Å². The van der Waals surface area contributed by atoms with Gasteiger partial charge in [-0.15, -0.1) is 0 Å². The zero-order chi connectivity index (χ0) is 9.84. The number of rotatable bonds is 3. The Balaban J connectivity index is 2.31. The third-order valence-corrected chi connectivity index (χ3v) is 2.22. The van der Waals surface area contributed by atoms with E-state index < -0.39 is 12.0 Å². The van der Waals surface area contributed by atoms with Gasteiger partial charge < -0.3 is 16.2 Å². The summed E-state index contributed by atoms with van der Waals surface area (Å²) < 4.78 is 0. The minimum atomic E-state index is -0.925. The van der Waals surface area contributed by atoms with E-state index in [1.54, 1.807) is 0 Å². The highest BCUT2D eigenvalue weighted by molar-refractivity contribution is 5.73. The van der Waals surface area contributed by atoms with Crippen molar-refractivity contribution in [3.63, 3.8) is 0 Å². The van der Waals surface area contributed by atoms with Gasteiger partial charge in [0.15, 0.2) is 0 Å². The van der Waals surface area contributed by atoms with Crippen LogP contribution in [-0.2, 0) is 4.79 Å². The topological polar surface area (TPSA) is 78.6 Å². The molecule has 2 unspecified atom stereocenters. The van der Waals surface area contributed by atoms with E-state index >= 15 is 0 Å². The summed E-state index contributed by atoms with van der Waals surface area (Å²) in [5.41, 5.74) is 5.43. The highest BCUT2D eigenvalue weighted by Gasteiger charge is 2.20. The first-order valence-corrected chi connectivity index (χ1v) is 4.53. The predicted octanol–water partition coefficient (Wildman–Crippen LogP) is -1.31. The van der Waals surface area contributed by atoms with Crippen molar-refractivity contribution in [3.8, 4) is 0 Å². The summed E-state index contributed by atoms with van der Waals surface area (Å²) in [6.45, 7) is 5.19. The number of carbonyl (C=O) groups is 1. The van der Waals surface area contributed by atoms with Crippen molar-refractivity contribution >= 4 is 5.97 Å². The van der Waals surface area contributed by atoms with Crippen molar-refractivity contribution in [1.82, 2.24) is 10.2 Å². The second-order valence-corrected chi connectivity index (χ2v) is 3.56. The largest absolute Gasteiger partial charge is 0.480 e. The van der Waals surface area contributed by atoms with Crippen molar-refractivity contribution in [2.24, 2.45) is 5.73 Å². The number of piperazine rings is 1. The fourth-order valence-electron chi connectivity index (χ4n) is 1.53. The maximum absolute atomic E-state index is 10.5. The molecule has 1 rings (SSSR count). The van der Waals surface area contributed by atoms with E-state index in [2.05, 4.69) is 17.1 Å². The molecule has 76 valence electrons. The van der Waals surface area contributed by atoms with Crippen LogP contribution in [0.4, 0.5) is 0 Å². The molecule has 2 atom stereocenters. The van der Waals surface area contributed by atoms with Gasteiger partial charge in [0, 0.05) is 32.2 Å². The van der Waals surface area contributed by atoms with Crippen LogP contribution in [0.1, 0.15) is 6.92 Å². The van der Waals surface area contributed by atoms with E-state index in [1.807, 2.05) is 0 Å². The molecular formula is C8H17N3O2. The van der Waals surface area contributed by atoms with Crippen molar-refractivity contribution in [2.75, 3.05) is 26.2 Å².